The second-order valence-corrected chi connectivity index (χ2v) is 17.8. The number of carbonyl (C=O) groups is 4. The molecule has 2 saturated carbocycles. The smallest absolute Gasteiger partial charge is 0.410 e. The Balaban J connectivity index is 1.06. The number of nitrogens with one attached hydrogen (secondary N) is 3. The van der Waals surface area contributed by atoms with E-state index in [9.17, 15) is 32.0 Å². The molecule has 17 heteroatoms. The highest BCUT2D eigenvalue weighted by molar-refractivity contribution is 7.91. The van der Waals surface area contributed by atoms with E-state index >= 15 is 0 Å². The van der Waals surface area contributed by atoms with Gasteiger partial charge in [0.05, 0.1) is 24.0 Å². The Kier molecular flexibility index (Phi) is 10.1. The number of rotatable bonds is 7. The molecule has 8 rings (SSSR count). The zero-order valence-corrected chi connectivity index (χ0v) is 31.6. The van der Waals surface area contributed by atoms with Gasteiger partial charge in [0.25, 0.3) is 5.91 Å². The summed E-state index contributed by atoms with van der Waals surface area (Å²) in [6.07, 6.45) is 10.1. The first-order chi connectivity index (χ1) is 26.5. The fraction of sp³-hybridized carbons (Fsp3) is 0.474. The van der Waals surface area contributed by atoms with E-state index in [1.807, 2.05) is 29.7 Å². The lowest BCUT2D eigenvalue weighted by Crippen LogP contribution is -2.57. The number of amides is 4. The SMILES string of the molecule is O=C1N[C@]2(C(=O)NS(=O)(=O)C3CC3)C[C@@H]2/C=C\CCCCC[C@H](Nc2nc(-c3ccncc3)cs2)C(=O)N2C[C@H](OC(=O)N3Cc4cccc(F)c4C3)C[C@@H]12. The Morgan fingerprint density at radius 2 is 1.87 bits per heavy atom. The third kappa shape index (κ3) is 7.81. The van der Waals surface area contributed by atoms with Crippen LogP contribution in [0.5, 0.6) is 0 Å². The van der Waals surface area contributed by atoms with E-state index in [0.717, 1.165) is 18.4 Å². The average molecular weight is 792 g/mol. The van der Waals surface area contributed by atoms with E-state index in [1.54, 1.807) is 24.5 Å². The molecule has 5 atom stereocenters. The number of benzene rings is 1. The quantitative estimate of drug-likeness (QED) is 0.293. The standard InChI is InChI=1S/C38H42FN7O7S2/c39-29-9-6-7-24-19-45(21-28(24)29)37(50)53-26-17-32-33(47)43-38(35(49)44-55(51,52)27-11-12-27)18-25(38)8-4-2-1-3-5-10-30(34(48)46(32)20-26)41-36-42-31(22-54-36)23-13-15-40-16-14-23/h4,6-9,13-16,22,25-27,30,32H,1-3,5,10-12,17-21H2,(H,41,42)(H,43,47)(H,44,49)/b8-4-/t25-,26+,30-,32-,38+/m0/s1. The maximum absolute atomic E-state index is 14.6. The maximum Gasteiger partial charge on any atom is 0.410 e. The van der Waals surface area contributed by atoms with Gasteiger partial charge in [-0.05, 0) is 62.3 Å². The molecule has 3 N–H and O–H groups in total. The van der Waals surface area contributed by atoms with Crippen LogP contribution in [0.3, 0.4) is 0 Å². The van der Waals surface area contributed by atoms with Crippen molar-refractivity contribution in [3.05, 3.63) is 77.2 Å². The van der Waals surface area contributed by atoms with Crippen LogP contribution >= 0.6 is 11.3 Å². The van der Waals surface area contributed by atoms with Crippen LogP contribution in [0.2, 0.25) is 0 Å². The molecule has 55 heavy (non-hydrogen) atoms. The zero-order chi connectivity index (χ0) is 38.3. The molecular formula is C38H42FN7O7S2. The fourth-order valence-corrected chi connectivity index (χ4v) is 9.86. The monoisotopic (exact) mass is 791 g/mol. The number of fused-ring (bicyclic) bond motifs is 3. The largest absolute Gasteiger partial charge is 0.444 e. The first-order valence-electron chi connectivity index (χ1n) is 18.7. The van der Waals surface area contributed by atoms with Gasteiger partial charge in [0.2, 0.25) is 21.8 Å². The molecule has 14 nitrogen and oxygen atoms in total. The van der Waals surface area contributed by atoms with Crippen LogP contribution in [-0.2, 0) is 42.2 Å². The van der Waals surface area contributed by atoms with Crippen molar-refractivity contribution in [1.82, 2.24) is 29.8 Å². The Hall–Kier alpha value is -4.90. The molecule has 0 unspecified atom stereocenters. The molecule has 3 aliphatic heterocycles. The molecule has 0 radical (unpaired) electrons. The number of nitrogens with zero attached hydrogens (tertiary/aromatic N) is 4. The minimum atomic E-state index is -3.90. The lowest BCUT2D eigenvalue weighted by Gasteiger charge is -2.29. The van der Waals surface area contributed by atoms with E-state index < -0.39 is 74.5 Å². The van der Waals surface area contributed by atoms with E-state index in [2.05, 4.69) is 20.3 Å². The summed E-state index contributed by atoms with van der Waals surface area (Å²) in [5.74, 6) is -2.71. The van der Waals surface area contributed by atoms with Crippen molar-refractivity contribution in [1.29, 1.82) is 0 Å². The molecule has 1 saturated heterocycles. The van der Waals surface area contributed by atoms with Crippen LogP contribution < -0.4 is 15.4 Å². The van der Waals surface area contributed by atoms with Crippen molar-refractivity contribution in [2.24, 2.45) is 5.92 Å². The summed E-state index contributed by atoms with van der Waals surface area (Å²) >= 11 is 1.34. The molecule has 4 amide bonds. The summed E-state index contributed by atoms with van der Waals surface area (Å²) < 4.78 is 48.3. The molecule has 1 aromatic carbocycles. The van der Waals surface area contributed by atoms with E-state index in [0.29, 0.717) is 54.1 Å². The number of thiazole rings is 1. The van der Waals surface area contributed by atoms with Gasteiger partial charge in [-0.15, -0.1) is 11.3 Å². The van der Waals surface area contributed by atoms with Crippen molar-refractivity contribution in [2.75, 3.05) is 11.9 Å². The molecule has 2 aromatic heterocycles. The summed E-state index contributed by atoms with van der Waals surface area (Å²) in [5.41, 5.74) is 1.15. The van der Waals surface area contributed by atoms with Gasteiger partial charge >= 0.3 is 6.09 Å². The average Bonchev–Trinajstić information content (AvgIpc) is 3.97. The second kappa shape index (κ2) is 15.0. The van der Waals surface area contributed by atoms with Crippen molar-refractivity contribution in [2.45, 2.75) is 99.9 Å². The van der Waals surface area contributed by atoms with Crippen molar-refractivity contribution in [3.8, 4) is 11.3 Å². The van der Waals surface area contributed by atoms with Crippen molar-refractivity contribution in [3.63, 3.8) is 0 Å². The Bertz CT molecular complexity index is 2130. The van der Waals surface area contributed by atoms with Crippen molar-refractivity contribution < 1.29 is 36.7 Å². The molecule has 0 bridgehead atoms. The molecule has 290 valence electrons. The zero-order valence-electron chi connectivity index (χ0n) is 30.0. The van der Waals surface area contributed by atoms with Crippen LogP contribution in [0.4, 0.5) is 14.3 Å². The summed E-state index contributed by atoms with van der Waals surface area (Å²) in [4.78, 5) is 67.7. The van der Waals surface area contributed by atoms with E-state index in [1.165, 1.54) is 27.2 Å². The third-order valence-electron chi connectivity index (χ3n) is 11.1. The molecule has 3 aromatic rings. The highest BCUT2D eigenvalue weighted by atomic mass is 32.2. The lowest BCUT2D eigenvalue weighted by atomic mass is 10.1. The number of pyridine rings is 1. The van der Waals surface area contributed by atoms with Gasteiger partial charge in [-0.25, -0.2) is 22.6 Å². The van der Waals surface area contributed by atoms with Gasteiger partial charge in [-0.3, -0.25) is 29.0 Å². The predicted molar refractivity (Wildman–Crippen MR) is 200 cm³/mol. The number of aromatic nitrogens is 2. The van der Waals surface area contributed by atoms with E-state index in [4.69, 9.17) is 9.72 Å². The lowest BCUT2D eigenvalue weighted by molar-refractivity contribution is -0.140. The molecule has 5 heterocycles. The van der Waals surface area contributed by atoms with Gasteiger partial charge in [-0.2, -0.15) is 0 Å². The summed E-state index contributed by atoms with van der Waals surface area (Å²) in [7, 11) is -3.90. The first-order valence-corrected chi connectivity index (χ1v) is 21.1. The summed E-state index contributed by atoms with van der Waals surface area (Å²) in [6, 6.07) is 6.42. The molecule has 3 fully saturated rings. The van der Waals surface area contributed by atoms with Crippen LogP contribution in [0, 0.1) is 11.7 Å². The van der Waals surface area contributed by atoms with Crippen LogP contribution in [-0.4, -0.2) is 87.5 Å². The molecule has 5 aliphatic rings. The highest BCUT2D eigenvalue weighted by Crippen LogP contribution is 2.46. The Morgan fingerprint density at radius 3 is 2.65 bits per heavy atom. The van der Waals surface area contributed by atoms with Crippen LogP contribution in [0.15, 0.2) is 60.3 Å². The number of halogens is 1. The van der Waals surface area contributed by atoms with Gasteiger partial charge in [0.1, 0.15) is 29.5 Å². The Labute approximate surface area is 322 Å². The number of ether oxygens (including phenoxy) is 1. The van der Waals surface area contributed by atoms with E-state index in [-0.39, 0.29) is 32.5 Å². The number of anilines is 1. The predicted octanol–water partition coefficient (Wildman–Crippen LogP) is 4.25. The second-order valence-electron chi connectivity index (χ2n) is 15.0. The third-order valence-corrected chi connectivity index (χ3v) is 13.7. The molecule has 2 aliphatic carbocycles. The molecular weight excluding hydrogens is 750 g/mol. The first kappa shape index (κ1) is 37.0. The number of sulfonamides is 1. The number of hydrogen-bond donors (Lipinski definition) is 3. The summed E-state index contributed by atoms with van der Waals surface area (Å²) in [6.45, 7) is 0.0786. The van der Waals surface area contributed by atoms with Gasteiger partial charge < -0.3 is 20.3 Å². The minimum Gasteiger partial charge on any atom is -0.444 e. The highest BCUT2D eigenvalue weighted by Gasteiger charge is 2.62. The van der Waals surface area contributed by atoms with Crippen molar-refractivity contribution >= 4 is 50.3 Å². The van der Waals surface area contributed by atoms with Gasteiger partial charge in [0.15, 0.2) is 5.13 Å². The maximum atomic E-state index is 14.6. The summed E-state index contributed by atoms with van der Waals surface area (Å²) in [5, 5.41) is 7.93. The van der Waals surface area contributed by atoms with Gasteiger partial charge in [-0.1, -0.05) is 37.1 Å². The van der Waals surface area contributed by atoms with Crippen LogP contribution in [0.25, 0.3) is 11.3 Å². The van der Waals surface area contributed by atoms with Crippen LogP contribution in [0.1, 0.15) is 68.9 Å². The van der Waals surface area contributed by atoms with Gasteiger partial charge in [0, 0.05) is 47.8 Å². The normalized spacial score (nSPS) is 27.4. The number of hydrogen-bond acceptors (Lipinski definition) is 11. The topological polar surface area (TPSA) is 180 Å². The Morgan fingerprint density at radius 1 is 1.05 bits per heavy atom. The number of carbonyl (C=O) groups excluding carboxylic acids is 4. The number of allylic oxidation sites excluding steroid dienone is 1. The molecule has 0 spiro atoms. The fourth-order valence-electron chi connectivity index (χ4n) is 7.72. The minimum absolute atomic E-state index is 0.0255.